The molecule has 2 aromatic heterocycles. The first-order chi connectivity index (χ1) is 9.10. The Balaban J connectivity index is 2.01. The second kappa shape index (κ2) is 5.55. The summed E-state index contributed by atoms with van der Waals surface area (Å²) in [6, 6.07) is 3.48. The molecule has 0 aliphatic heterocycles. The van der Waals surface area contributed by atoms with Crippen LogP contribution in [0, 0.1) is 6.92 Å². The molecule has 2 amide bonds. The van der Waals surface area contributed by atoms with Crippen molar-refractivity contribution >= 4 is 17.7 Å². The first-order valence-corrected chi connectivity index (χ1v) is 6.23. The Bertz CT molecular complexity index is 545. The van der Waals surface area contributed by atoms with Gasteiger partial charge in [-0.3, -0.25) is 20.4 Å². The normalized spacial score (nSPS) is 12.2. The molecule has 1 atom stereocenters. The molecule has 0 spiro atoms. The van der Waals surface area contributed by atoms with Gasteiger partial charge in [0.25, 0.3) is 0 Å². The molecule has 102 valence electrons. The van der Waals surface area contributed by atoms with E-state index in [2.05, 4.69) is 39.8 Å². The van der Waals surface area contributed by atoms with Crippen molar-refractivity contribution in [2.45, 2.75) is 33.2 Å². The van der Waals surface area contributed by atoms with E-state index in [1.165, 1.54) is 0 Å². The van der Waals surface area contributed by atoms with E-state index < -0.39 is 0 Å². The minimum atomic E-state index is -0.349. The fraction of sp³-hybridized carbons (Fsp3) is 0.417. The van der Waals surface area contributed by atoms with Gasteiger partial charge in [0.05, 0.1) is 6.20 Å². The Morgan fingerprint density at radius 2 is 2.32 bits per heavy atom. The molecular weight excluding hydrogens is 244 g/mol. The molecule has 0 bridgehead atoms. The van der Waals surface area contributed by atoms with Gasteiger partial charge in [-0.05, 0) is 20.3 Å². The maximum absolute atomic E-state index is 11.7. The first-order valence-electron chi connectivity index (χ1n) is 6.23. The minimum Gasteiger partial charge on any atom is -0.292 e. The minimum absolute atomic E-state index is 0.311. The van der Waals surface area contributed by atoms with Gasteiger partial charge >= 0.3 is 6.03 Å². The van der Waals surface area contributed by atoms with Crippen LogP contribution in [0.1, 0.15) is 32.0 Å². The monoisotopic (exact) mass is 262 g/mol. The third-order valence-corrected chi connectivity index (χ3v) is 2.92. The van der Waals surface area contributed by atoms with Crippen LogP contribution < -0.4 is 10.6 Å². The number of carbonyl (C=O) groups excluding carboxylic acids is 1. The molecule has 0 fully saturated rings. The van der Waals surface area contributed by atoms with E-state index in [1.54, 1.807) is 12.3 Å². The molecule has 0 aliphatic rings. The van der Waals surface area contributed by atoms with Crippen LogP contribution in [0.2, 0.25) is 0 Å². The Morgan fingerprint density at radius 3 is 2.95 bits per heavy atom. The van der Waals surface area contributed by atoms with E-state index in [4.69, 9.17) is 0 Å². The number of rotatable bonds is 4. The van der Waals surface area contributed by atoms with Gasteiger partial charge in [0, 0.05) is 23.9 Å². The number of hydrogen-bond acceptors (Lipinski definition) is 3. The average molecular weight is 262 g/mol. The number of aromatic amines is 1. The van der Waals surface area contributed by atoms with E-state index in [0.717, 1.165) is 12.1 Å². The summed E-state index contributed by atoms with van der Waals surface area (Å²) in [5, 5.41) is 16.1. The van der Waals surface area contributed by atoms with Crippen LogP contribution in [0.5, 0.6) is 0 Å². The number of anilines is 2. The summed E-state index contributed by atoms with van der Waals surface area (Å²) in [7, 11) is 0. The smallest absolute Gasteiger partial charge is 0.292 e. The predicted molar refractivity (Wildman–Crippen MR) is 73.2 cm³/mol. The third-order valence-electron chi connectivity index (χ3n) is 2.92. The number of amides is 2. The van der Waals surface area contributed by atoms with Crippen molar-refractivity contribution in [3.63, 3.8) is 0 Å². The number of H-pyrrole nitrogens is 1. The molecule has 0 saturated heterocycles. The van der Waals surface area contributed by atoms with Crippen molar-refractivity contribution in [2.75, 3.05) is 10.6 Å². The fourth-order valence-corrected chi connectivity index (χ4v) is 1.76. The number of carbonyl (C=O) groups is 1. The molecule has 7 nitrogen and oxygen atoms in total. The topological polar surface area (TPSA) is 87.6 Å². The Morgan fingerprint density at radius 1 is 1.53 bits per heavy atom. The van der Waals surface area contributed by atoms with Crippen LogP contribution in [0.4, 0.5) is 16.4 Å². The maximum Gasteiger partial charge on any atom is 0.326 e. The lowest BCUT2D eigenvalue weighted by atomic mass is 10.2. The van der Waals surface area contributed by atoms with Crippen molar-refractivity contribution in [2.24, 2.45) is 0 Å². The molecule has 7 heteroatoms. The number of nitrogens with zero attached hydrogens (tertiary/aromatic N) is 3. The molecule has 0 radical (unpaired) electrons. The lowest BCUT2D eigenvalue weighted by Crippen LogP contribution is -2.20. The summed E-state index contributed by atoms with van der Waals surface area (Å²) < 4.78 is 1.91. The lowest BCUT2D eigenvalue weighted by molar-refractivity contribution is 0.262. The van der Waals surface area contributed by atoms with Crippen LogP contribution in [-0.2, 0) is 0 Å². The second-order valence-electron chi connectivity index (χ2n) is 4.42. The average Bonchev–Trinajstić information content (AvgIpc) is 2.98. The standard InChI is InChI=1S/C12H18N6O/c1-4-8(2)18-9(3)7-11(17-18)15-12(19)14-10-5-6-13-16-10/h5-8H,4H2,1-3H3,(H3,13,14,15,16,17,19). The summed E-state index contributed by atoms with van der Waals surface area (Å²) in [6.45, 7) is 6.16. The fourth-order valence-electron chi connectivity index (χ4n) is 1.76. The summed E-state index contributed by atoms with van der Waals surface area (Å²) in [5.74, 6) is 1.07. The Labute approximate surface area is 111 Å². The Hall–Kier alpha value is -2.31. The van der Waals surface area contributed by atoms with Gasteiger partial charge in [0.2, 0.25) is 0 Å². The van der Waals surface area contributed by atoms with E-state index >= 15 is 0 Å². The molecule has 0 aliphatic carbocycles. The highest BCUT2D eigenvalue weighted by Gasteiger charge is 2.11. The zero-order chi connectivity index (χ0) is 13.8. The van der Waals surface area contributed by atoms with Gasteiger partial charge in [-0.25, -0.2) is 4.79 Å². The third kappa shape index (κ3) is 3.12. The van der Waals surface area contributed by atoms with Crippen LogP contribution in [-0.4, -0.2) is 26.0 Å². The summed E-state index contributed by atoms with van der Waals surface area (Å²) in [4.78, 5) is 11.7. The van der Waals surface area contributed by atoms with E-state index in [1.807, 2.05) is 17.7 Å². The molecule has 2 aromatic rings. The van der Waals surface area contributed by atoms with Crippen molar-refractivity contribution in [3.05, 3.63) is 24.0 Å². The van der Waals surface area contributed by atoms with Gasteiger partial charge in [-0.15, -0.1) is 0 Å². The summed E-state index contributed by atoms with van der Waals surface area (Å²) >= 11 is 0. The molecule has 19 heavy (non-hydrogen) atoms. The number of urea groups is 1. The van der Waals surface area contributed by atoms with E-state index in [0.29, 0.717) is 17.7 Å². The zero-order valence-corrected chi connectivity index (χ0v) is 11.3. The molecule has 3 N–H and O–H groups in total. The van der Waals surface area contributed by atoms with Gasteiger partial charge in [0.1, 0.15) is 5.82 Å². The Kier molecular flexibility index (Phi) is 3.84. The van der Waals surface area contributed by atoms with Gasteiger partial charge in [-0.2, -0.15) is 10.2 Å². The second-order valence-corrected chi connectivity index (χ2v) is 4.42. The van der Waals surface area contributed by atoms with Gasteiger partial charge in [0.15, 0.2) is 5.82 Å². The molecule has 2 rings (SSSR count). The SMILES string of the molecule is CCC(C)n1nc(NC(=O)Nc2ccn[nH]2)cc1C. The maximum atomic E-state index is 11.7. The van der Waals surface area contributed by atoms with Crippen molar-refractivity contribution in [1.82, 2.24) is 20.0 Å². The molecule has 0 aromatic carbocycles. The zero-order valence-electron chi connectivity index (χ0n) is 11.3. The van der Waals surface area contributed by atoms with Crippen LogP contribution >= 0.6 is 0 Å². The summed E-state index contributed by atoms with van der Waals surface area (Å²) in [5.41, 5.74) is 1.02. The van der Waals surface area contributed by atoms with Crippen LogP contribution in [0.25, 0.3) is 0 Å². The lowest BCUT2D eigenvalue weighted by Gasteiger charge is -2.10. The number of aryl methyl sites for hydroxylation is 1. The van der Waals surface area contributed by atoms with E-state index in [-0.39, 0.29) is 6.03 Å². The van der Waals surface area contributed by atoms with E-state index in [9.17, 15) is 4.79 Å². The van der Waals surface area contributed by atoms with Crippen molar-refractivity contribution in [3.8, 4) is 0 Å². The van der Waals surface area contributed by atoms with Gasteiger partial charge in [-0.1, -0.05) is 6.92 Å². The molecular formula is C12H18N6O. The number of hydrogen-bond donors (Lipinski definition) is 3. The van der Waals surface area contributed by atoms with Crippen molar-refractivity contribution < 1.29 is 4.79 Å². The van der Waals surface area contributed by atoms with Crippen molar-refractivity contribution in [1.29, 1.82) is 0 Å². The molecule has 0 saturated carbocycles. The highest BCUT2D eigenvalue weighted by Crippen LogP contribution is 2.16. The number of nitrogens with one attached hydrogen (secondary N) is 3. The largest absolute Gasteiger partial charge is 0.326 e. The van der Waals surface area contributed by atoms with Gasteiger partial charge < -0.3 is 0 Å². The highest BCUT2D eigenvalue weighted by atomic mass is 16.2. The highest BCUT2D eigenvalue weighted by molar-refractivity contribution is 5.98. The first kappa shape index (κ1) is 13.1. The molecule has 1 unspecified atom stereocenters. The molecule has 2 heterocycles. The summed E-state index contributed by atoms with van der Waals surface area (Å²) in [6.07, 6.45) is 2.56. The predicted octanol–water partition coefficient (Wildman–Crippen LogP) is 2.53. The van der Waals surface area contributed by atoms with Crippen LogP contribution in [0.3, 0.4) is 0 Å². The quantitative estimate of drug-likeness (QED) is 0.791. The number of aromatic nitrogens is 4. The van der Waals surface area contributed by atoms with Crippen LogP contribution in [0.15, 0.2) is 18.3 Å².